The van der Waals surface area contributed by atoms with E-state index < -0.39 is 23.3 Å². The van der Waals surface area contributed by atoms with Crippen molar-refractivity contribution >= 4 is 50.5 Å². The van der Waals surface area contributed by atoms with Gasteiger partial charge in [0.1, 0.15) is 23.3 Å². The summed E-state index contributed by atoms with van der Waals surface area (Å²) in [5.74, 6) is -2.69. The molecule has 0 aliphatic carbocycles. The van der Waals surface area contributed by atoms with Crippen LogP contribution in [-0.2, 0) is 10.2 Å². The van der Waals surface area contributed by atoms with Crippen LogP contribution in [-0.4, -0.2) is 57.8 Å². The van der Waals surface area contributed by atoms with E-state index in [9.17, 15) is 13.2 Å². The lowest BCUT2D eigenvalue weighted by atomic mass is 9.91. The SMILES string of the molecule is Cc1ccnc(-c2nc3cc(F)cc(F)c3c(Cl)c2C)c1.Cc1ccnc(-c2nc3cc(F)cc(F)c3c(N3CC(C)(C)c4ncc(N5CCOCC5)cc43)c2C)c1. The number of hydrogen-bond acceptors (Lipinski definition) is 8. The van der Waals surface area contributed by atoms with Gasteiger partial charge in [-0.3, -0.25) is 15.0 Å². The summed E-state index contributed by atoms with van der Waals surface area (Å²) in [6, 6.07) is 13.9. The van der Waals surface area contributed by atoms with Gasteiger partial charge in [0.05, 0.1) is 91.8 Å². The molecule has 0 atom stereocenters. The summed E-state index contributed by atoms with van der Waals surface area (Å²) in [6.07, 6.45) is 5.32. The molecule has 1 fully saturated rings. The van der Waals surface area contributed by atoms with Crippen molar-refractivity contribution in [2.45, 2.75) is 47.0 Å². The molecule has 2 aliphatic heterocycles. The average molecular weight is 806 g/mol. The highest BCUT2D eigenvalue weighted by atomic mass is 35.5. The minimum absolute atomic E-state index is 0.131. The smallest absolute Gasteiger partial charge is 0.137 e. The number of aromatic nitrogens is 5. The summed E-state index contributed by atoms with van der Waals surface area (Å²) in [6.45, 7) is 15.4. The second-order valence-electron chi connectivity index (χ2n) is 15.5. The topological polar surface area (TPSA) is 80.2 Å². The number of fused-ring (bicyclic) bond motifs is 3. The Morgan fingerprint density at radius 2 is 1.24 bits per heavy atom. The van der Waals surface area contributed by atoms with Gasteiger partial charge in [-0.05, 0) is 74.7 Å². The van der Waals surface area contributed by atoms with Crippen LogP contribution in [0.3, 0.4) is 0 Å². The molecule has 296 valence electrons. The van der Waals surface area contributed by atoms with E-state index in [1.54, 1.807) is 19.3 Å². The number of nitrogens with zero attached hydrogens (tertiary/aromatic N) is 7. The summed E-state index contributed by atoms with van der Waals surface area (Å²) < 4.78 is 62.7. The van der Waals surface area contributed by atoms with Gasteiger partial charge in [0.15, 0.2) is 0 Å². The van der Waals surface area contributed by atoms with E-state index in [1.807, 2.05) is 51.2 Å². The zero-order valence-electron chi connectivity index (χ0n) is 32.9. The van der Waals surface area contributed by atoms with Gasteiger partial charge in [-0.2, -0.15) is 0 Å². The number of benzene rings is 2. The minimum atomic E-state index is -0.714. The van der Waals surface area contributed by atoms with E-state index in [4.69, 9.17) is 26.3 Å². The molecule has 0 bridgehead atoms. The Balaban J connectivity index is 0.000000189. The second-order valence-corrected chi connectivity index (χ2v) is 15.8. The largest absolute Gasteiger partial charge is 0.378 e. The van der Waals surface area contributed by atoms with E-state index in [1.165, 1.54) is 12.1 Å². The first kappa shape index (κ1) is 39.1. The first-order valence-electron chi connectivity index (χ1n) is 18.9. The predicted octanol–water partition coefficient (Wildman–Crippen LogP) is 10.7. The highest BCUT2D eigenvalue weighted by Gasteiger charge is 2.40. The summed E-state index contributed by atoms with van der Waals surface area (Å²) in [5.41, 5.74) is 9.62. The van der Waals surface area contributed by atoms with E-state index in [0.717, 1.165) is 59.0 Å². The van der Waals surface area contributed by atoms with E-state index in [2.05, 4.69) is 44.7 Å². The third-order valence-electron chi connectivity index (χ3n) is 10.7. The number of halogens is 5. The Hall–Kier alpha value is -5.72. The highest BCUT2D eigenvalue weighted by molar-refractivity contribution is 6.36. The Bertz CT molecular complexity index is 2760. The van der Waals surface area contributed by atoms with Crippen molar-refractivity contribution in [2.24, 2.45) is 0 Å². The molecule has 0 unspecified atom stereocenters. The lowest BCUT2D eigenvalue weighted by molar-refractivity contribution is 0.122. The molecule has 0 spiro atoms. The van der Waals surface area contributed by atoms with Gasteiger partial charge in [-0.15, -0.1) is 0 Å². The number of aryl methyl sites for hydroxylation is 2. The molecule has 0 amide bonds. The lowest BCUT2D eigenvalue weighted by Gasteiger charge is -2.30. The van der Waals surface area contributed by atoms with E-state index >= 15 is 4.39 Å². The fourth-order valence-electron chi connectivity index (χ4n) is 7.83. The summed E-state index contributed by atoms with van der Waals surface area (Å²) in [4.78, 5) is 27.1. The van der Waals surface area contributed by atoms with Crippen LogP contribution < -0.4 is 9.80 Å². The van der Waals surface area contributed by atoms with Crippen molar-refractivity contribution in [2.75, 3.05) is 42.6 Å². The van der Waals surface area contributed by atoms with Gasteiger partial charge in [-0.25, -0.2) is 27.5 Å². The molecule has 0 saturated carbocycles. The Kier molecular flexibility index (Phi) is 10.3. The van der Waals surface area contributed by atoms with Gasteiger partial charge in [0.25, 0.3) is 0 Å². The van der Waals surface area contributed by atoms with Crippen LogP contribution >= 0.6 is 11.6 Å². The molecule has 7 aromatic rings. The van der Waals surface area contributed by atoms with Gasteiger partial charge in [-0.1, -0.05) is 25.4 Å². The Morgan fingerprint density at radius 1 is 0.690 bits per heavy atom. The monoisotopic (exact) mass is 805 g/mol. The van der Waals surface area contributed by atoms with Gasteiger partial charge in [0.2, 0.25) is 0 Å². The van der Waals surface area contributed by atoms with Crippen LogP contribution in [0, 0.1) is 51.0 Å². The lowest BCUT2D eigenvalue weighted by Crippen LogP contribution is -2.36. The molecule has 7 heterocycles. The van der Waals surface area contributed by atoms with E-state index in [-0.39, 0.29) is 26.9 Å². The fraction of sp³-hybridized carbons (Fsp3) is 0.267. The second kappa shape index (κ2) is 15.2. The zero-order valence-corrected chi connectivity index (χ0v) is 33.6. The van der Waals surface area contributed by atoms with Crippen LogP contribution in [0.15, 0.2) is 73.2 Å². The standard InChI is InChI=1S/C29H29F2N5O.C16H11ClF2N2/c1-17-5-6-32-23(11-17)26-18(2)27(25-21(31)12-19(30)13-22(25)34-26)36-16-29(3,4)28-24(36)14-20(15-33-28)35-7-9-37-10-8-35;1-8-3-4-20-13(5-8)16-9(2)15(17)14-11(19)6-10(18)7-12(14)21-16/h5-6,11-15H,7-10,16H2,1-4H3;3-7H,1-2H3. The zero-order chi connectivity index (χ0) is 41.0. The third-order valence-corrected chi connectivity index (χ3v) is 11.2. The molecule has 0 radical (unpaired) electrons. The third kappa shape index (κ3) is 7.19. The van der Waals surface area contributed by atoms with Gasteiger partial charge < -0.3 is 14.5 Å². The Morgan fingerprint density at radius 3 is 1.83 bits per heavy atom. The highest BCUT2D eigenvalue weighted by Crippen LogP contribution is 2.49. The first-order valence-corrected chi connectivity index (χ1v) is 19.3. The quantitative estimate of drug-likeness (QED) is 0.163. The maximum absolute atomic E-state index is 15.5. The van der Waals surface area contributed by atoms with Gasteiger partial charge >= 0.3 is 0 Å². The van der Waals surface area contributed by atoms with E-state index in [0.29, 0.717) is 59.2 Å². The van der Waals surface area contributed by atoms with Crippen LogP contribution in [0.4, 0.5) is 34.6 Å². The first-order chi connectivity index (χ1) is 27.7. The van der Waals surface area contributed by atoms with Crippen molar-refractivity contribution in [3.63, 3.8) is 0 Å². The molecule has 8 nitrogen and oxygen atoms in total. The molecule has 58 heavy (non-hydrogen) atoms. The number of rotatable bonds is 4. The van der Waals surface area contributed by atoms with Crippen molar-refractivity contribution in [1.82, 2.24) is 24.9 Å². The van der Waals surface area contributed by atoms with Crippen molar-refractivity contribution in [1.29, 1.82) is 0 Å². The van der Waals surface area contributed by atoms with Crippen molar-refractivity contribution in [3.05, 3.63) is 129 Å². The van der Waals surface area contributed by atoms with Crippen molar-refractivity contribution in [3.8, 4) is 22.8 Å². The maximum atomic E-state index is 15.5. The molecule has 9 rings (SSSR count). The summed E-state index contributed by atoms with van der Waals surface area (Å²) in [7, 11) is 0. The normalized spacial score (nSPS) is 14.8. The number of morpholine rings is 1. The molecular weight excluding hydrogens is 766 g/mol. The Labute approximate surface area is 338 Å². The van der Waals surface area contributed by atoms with Crippen LogP contribution in [0.2, 0.25) is 5.02 Å². The number of ether oxygens (including phenoxy) is 1. The molecule has 2 aromatic carbocycles. The fourth-order valence-corrected chi connectivity index (χ4v) is 8.11. The maximum Gasteiger partial charge on any atom is 0.137 e. The predicted molar refractivity (Wildman–Crippen MR) is 221 cm³/mol. The molecular formula is C45H40ClF4N7O. The summed E-state index contributed by atoms with van der Waals surface area (Å²) in [5, 5.41) is 0.665. The molecule has 1 saturated heterocycles. The van der Waals surface area contributed by atoms with Crippen LogP contribution in [0.1, 0.15) is 41.8 Å². The van der Waals surface area contributed by atoms with Crippen molar-refractivity contribution < 1.29 is 22.3 Å². The van der Waals surface area contributed by atoms with Crippen LogP contribution in [0.5, 0.6) is 0 Å². The number of hydrogen-bond donors (Lipinski definition) is 0. The molecule has 0 N–H and O–H groups in total. The molecule has 2 aliphatic rings. The van der Waals surface area contributed by atoms with Crippen LogP contribution in [0.25, 0.3) is 44.6 Å². The molecule has 13 heteroatoms. The number of anilines is 3. The average Bonchev–Trinajstić information content (AvgIpc) is 3.45. The summed E-state index contributed by atoms with van der Waals surface area (Å²) >= 11 is 6.25. The minimum Gasteiger partial charge on any atom is -0.378 e. The van der Waals surface area contributed by atoms with Gasteiger partial charge in [0, 0.05) is 67.3 Å². The molecule has 5 aromatic heterocycles. The number of pyridine rings is 5.